The van der Waals surface area contributed by atoms with Gasteiger partial charge in [0.05, 0.1) is 19.3 Å². The molecule has 0 fully saturated rings. The zero-order valence-corrected chi connectivity index (χ0v) is 16.6. The zero-order chi connectivity index (χ0) is 19.2. The molecule has 0 spiro atoms. The van der Waals surface area contributed by atoms with Gasteiger partial charge in [0.15, 0.2) is 10.2 Å². The Hall–Kier alpha value is -2.57. The van der Waals surface area contributed by atoms with E-state index in [1.54, 1.807) is 12.3 Å². The predicted octanol–water partition coefficient (Wildman–Crippen LogP) is 5.08. The van der Waals surface area contributed by atoms with Crippen LogP contribution in [0.3, 0.4) is 0 Å². The van der Waals surface area contributed by atoms with Gasteiger partial charge in [-0.15, -0.1) is 11.3 Å². The van der Waals surface area contributed by atoms with Crippen molar-refractivity contribution in [3.63, 3.8) is 0 Å². The van der Waals surface area contributed by atoms with E-state index >= 15 is 0 Å². The Kier molecular flexibility index (Phi) is 6.32. The number of thiazole rings is 1. The molecule has 7 heteroatoms. The Morgan fingerprint density at radius 3 is 2.70 bits per heavy atom. The lowest BCUT2D eigenvalue weighted by atomic mass is 10.1. The molecule has 0 saturated carbocycles. The maximum absolute atomic E-state index is 12.3. The van der Waals surface area contributed by atoms with Gasteiger partial charge in [0.2, 0.25) is 0 Å². The molecule has 1 aromatic heterocycles. The van der Waals surface area contributed by atoms with Crippen molar-refractivity contribution in [3.8, 4) is 5.75 Å². The van der Waals surface area contributed by atoms with Gasteiger partial charge in [-0.3, -0.25) is 0 Å². The minimum atomic E-state index is -0.439. The van der Waals surface area contributed by atoms with Crippen molar-refractivity contribution >= 4 is 34.6 Å². The highest BCUT2D eigenvalue weighted by Crippen LogP contribution is 2.33. The third-order valence-electron chi connectivity index (χ3n) is 3.84. The van der Waals surface area contributed by atoms with Crippen LogP contribution >= 0.6 is 22.9 Å². The van der Waals surface area contributed by atoms with Gasteiger partial charge in [0, 0.05) is 11.1 Å². The molecule has 1 heterocycles. The van der Waals surface area contributed by atoms with Gasteiger partial charge in [-0.2, -0.15) is 0 Å². The van der Waals surface area contributed by atoms with Crippen LogP contribution in [-0.4, -0.2) is 18.1 Å². The summed E-state index contributed by atoms with van der Waals surface area (Å²) in [5, 5.41) is 3.32. The van der Waals surface area contributed by atoms with Crippen LogP contribution in [0.4, 0.5) is 5.69 Å². The molecule has 0 saturated heterocycles. The lowest BCUT2D eigenvalue weighted by molar-refractivity contribution is 0.0595. The average Bonchev–Trinajstić information content (AvgIpc) is 3.10. The van der Waals surface area contributed by atoms with E-state index in [0.29, 0.717) is 28.9 Å². The highest BCUT2D eigenvalue weighted by atomic mass is 35.5. The quantitative estimate of drug-likeness (QED) is 0.558. The first-order valence-electron chi connectivity index (χ1n) is 8.30. The van der Waals surface area contributed by atoms with Crippen LogP contribution in [0.5, 0.6) is 5.75 Å². The summed E-state index contributed by atoms with van der Waals surface area (Å²) in [6.07, 6.45) is 1.72. The van der Waals surface area contributed by atoms with Crippen molar-refractivity contribution in [1.82, 2.24) is 4.98 Å². The van der Waals surface area contributed by atoms with Crippen LogP contribution in [0.1, 0.15) is 26.4 Å². The molecule has 0 bridgehead atoms. The molecule has 0 unspecified atom stereocenters. The maximum atomic E-state index is 12.3. The summed E-state index contributed by atoms with van der Waals surface area (Å²) in [5.74, 6) is 0.0255. The molecule has 0 aliphatic rings. The minimum absolute atomic E-state index is 0.342. The number of nitrogens with zero attached hydrogens (tertiary/aromatic N) is 1. The first-order valence-corrected chi connectivity index (χ1v) is 9.50. The molecule has 0 amide bonds. The summed E-state index contributed by atoms with van der Waals surface area (Å²) in [7, 11) is 1.36. The van der Waals surface area contributed by atoms with Crippen molar-refractivity contribution in [3.05, 3.63) is 74.7 Å². The molecule has 5 nitrogen and oxygen atoms in total. The van der Waals surface area contributed by atoms with E-state index in [4.69, 9.17) is 21.1 Å². The summed E-state index contributed by atoms with van der Waals surface area (Å²) in [4.78, 5) is 17.3. The smallest absolute Gasteiger partial charge is 0.341 e. The van der Waals surface area contributed by atoms with E-state index in [2.05, 4.69) is 10.3 Å². The average molecular weight is 403 g/mol. The third-order valence-corrected chi connectivity index (χ3v) is 4.96. The molecule has 2 aromatic carbocycles. The number of aromatic nitrogens is 1. The number of aryl methyl sites for hydroxylation is 1. The highest BCUT2D eigenvalue weighted by Gasteiger charge is 2.19. The molecule has 0 atom stereocenters. The van der Waals surface area contributed by atoms with Crippen molar-refractivity contribution in [2.45, 2.75) is 20.1 Å². The normalized spacial score (nSPS) is 10.5. The van der Waals surface area contributed by atoms with Crippen LogP contribution < -0.4 is 10.1 Å². The largest absolute Gasteiger partial charge is 0.486 e. The SMILES string of the molecule is COC(=O)c1cc(C)cc(NCc2cnc(Cl)s2)c1OCc1ccccc1. The van der Waals surface area contributed by atoms with Gasteiger partial charge >= 0.3 is 5.97 Å². The van der Waals surface area contributed by atoms with Crippen molar-refractivity contribution in [2.75, 3.05) is 12.4 Å². The Morgan fingerprint density at radius 1 is 1.26 bits per heavy atom. The zero-order valence-electron chi connectivity index (χ0n) is 15.0. The van der Waals surface area contributed by atoms with Gasteiger partial charge in [0.1, 0.15) is 12.2 Å². The molecule has 3 aromatic rings. The lowest BCUT2D eigenvalue weighted by Gasteiger charge is -2.17. The van der Waals surface area contributed by atoms with Crippen LogP contribution in [0.15, 0.2) is 48.7 Å². The van der Waals surface area contributed by atoms with Crippen molar-refractivity contribution in [1.29, 1.82) is 0 Å². The van der Waals surface area contributed by atoms with Gasteiger partial charge in [-0.25, -0.2) is 9.78 Å². The van der Waals surface area contributed by atoms with E-state index in [9.17, 15) is 4.79 Å². The number of halogens is 1. The Balaban J connectivity index is 1.89. The van der Waals surface area contributed by atoms with Gasteiger partial charge in [-0.05, 0) is 30.2 Å². The first kappa shape index (κ1) is 19.2. The number of anilines is 1. The molecule has 27 heavy (non-hydrogen) atoms. The number of hydrogen-bond acceptors (Lipinski definition) is 6. The summed E-state index contributed by atoms with van der Waals surface area (Å²) < 4.78 is 11.4. The van der Waals surface area contributed by atoms with Crippen LogP contribution in [-0.2, 0) is 17.9 Å². The number of hydrogen-bond donors (Lipinski definition) is 1. The Morgan fingerprint density at radius 2 is 2.04 bits per heavy atom. The second-order valence-electron chi connectivity index (χ2n) is 5.89. The fourth-order valence-electron chi connectivity index (χ4n) is 2.60. The third kappa shape index (κ3) is 4.99. The van der Waals surface area contributed by atoms with E-state index in [-0.39, 0.29) is 0 Å². The molecule has 0 aliphatic carbocycles. The summed E-state index contributed by atoms with van der Waals surface area (Å²) >= 11 is 7.30. The van der Waals surface area contributed by atoms with E-state index in [1.165, 1.54) is 18.4 Å². The van der Waals surface area contributed by atoms with E-state index in [1.807, 2.05) is 43.3 Å². The summed E-state index contributed by atoms with van der Waals surface area (Å²) in [6.45, 7) is 2.78. The van der Waals surface area contributed by atoms with Gasteiger partial charge < -0.3 is 14.8 Å². The highest BCUT2D eigenvalue weighted by molar-refractivity contribution is 7.15. The molecule has 1 N–H and O–H groups in total. The monoisotopic (exact) mass is 402 g/mol. The number of benzene rings is 2. The van der Waals surface area contributed by atoms with E-state index in [0.717, 1.165) is 21.7 Å². The minimum Gasteiger partial charge on any atom is -0.486 e. The fourth-order valence-corrected chi connectivity index (χ4v) is 3.52. The Labute approximate surface area is 166 Å². The molecule has 0 radical (unpaired) electrons. The predicted molar refractivity (Wildman–Crippen MR) is 108 cm³/mol. The first-order chi connectivity index (χ1) is 13.1. The number of rotatable bonds is 7. The number of carbonyl (C=O) groups excluding carboxylic acids is 1. The molecular formula is C20H19ClN2O3S. The van der Waals surface area contributed by atoms with E-state index < -0.39 is 5.97 Å². The number of esters is 1. The summed E-state index contributed by atoms with van der Waals surface area (Å²) in [5.41, 5.74) is 3.04. The van der Waals surface area contributed by atoms with Crippen LogP contribution in [0.2, 0.25) is 4.47 Å². The van der Waals surface area contributed by atoms with Crippen molar-refractivity contribution < 1.29 is 14.3 Å². The molecule has 0 aliphatic heterocycles. The second-order valence-corrected chi connectivity index (χ2v) is 7.59. The van der Waals surface area contributed by atoms with Crippen molar-refractivity contribution in [2.24, 2.45) is 0 Å². The maximum Gasteiger partial charge on any atom is 0.341 e. The molecular weight excluding hydrogens is 384 g/mol. The van der Waals surface area contributed by atoms with Gasteiger partial charge in [-0.1, -0.05) is 41.9 Å². The topological polar surface area (TPSA) is 60.5 Å². The number of carbonyl (C=O) groups is 1. The standard InChI is InChI=1S/C20H19ClN2O3S/c1-13-8-16(19(24)25-2)18(26-12-14-6-4-3-5-7-14)17(9-13)22-10-15-11-23-20(21)27-15/h3-9,11,22H,10,12H2,1-2H3. The number of nitrogens with one attached hydrogen (secondary N) is 1. The lowest BCUT2D eigenvalue weighted by Crippen LogP contribution is -2.10. The Bertz CT molecular complexity index is 928. The summed E-state index contributed by atoms with van der Waals surface area (Å²) in [6, 6.07) is 13.5. The second kappa shape index (κ2) is 8.88. The number of methoxy groups -OCH3 is 1. The number of ether oxygens (including phenoxy) is 2. The van der Waals surface area contributed by atoms with Crippen LogP contribution in [0, 0.1) is 6.92 Å². The van der Waals surface area contributed by atoms with Crippen LogP contribution in [0.25, 0.3) is 0 Å². The molecule has 140 valence electrons. The van der Waals surface area contributed by atoms with Gasteiger partial charge in [0.25, 0.3) is 0 Å². The fraction of sp³-hybridized carbons (Fsp3) is 0.200. The molecule has 3 rings (SSSR count).